The molecule has 90 valence electrons. The van der Waals surface area contributed by atoms with Gasteiger partial charge in [-0.05, 0) is 12.1 Å². The summed E-state index contributed by atoms with van der Waals surface area (Å²) in [7, 11) is 1.48. The first-order chi connectivity index (χ1) is 8.26. The zero-order valence-electron chi connectivity index (χ0n) is 9.43. The summed E-state index contributed by atoms with van der Waals surface area (Å²) < 4.78 is 20.0. The van der Waals surface area contributed by atoms with Crippen molar-refractivity contribution in [2.75, 3.05) is 13.7 Å². The van der Waals surface area contributed by atoms with Crippen molar-refractivity contribution < 1.29 is 14.2 Å². The lowest BCUT2D eigenvalue weighted by Gasteiger charge is -2.10. The summed E-state index contributed by atoms with van der Waals surface area (Å²) in [6.45, 7) is 0.461. The number of hydrogen-bond donors (Lipinski definition) is 1. The number of aromatic nitrogens is 2. The number of aliphatic hydroxyl groups is 1. The van der Waals surface area contributed by atoms with Gasteiger partial charge in [0.15, 0.2) is 0 Å². The Bertz CT molecular complexity index is 511. The molecule has 0 unspecified atom stereocenters. The van der Waals surface area contributed by atoms with Crippen LogP contribution in [-0.4, -0.2) is 28.4 Å². The lowest BCUT2D eigenvalue weighted by Crippen LogP contribution is -2.03. The van der Waals surface area contributed by atoms with Crippen molar-refractivity contribution in [2.45, 2.75) is 6.54 Å². The molecule has 0 spiro atoms. The number of rotatable bonds is 4. The first-order valence-corrected chi connectivity index (χ1v) is 5.22. The van der Waals surface area contributed by atoms with Crippen molar-refractivity contribution in [2.24, 2.45) is 0 Å². The maximum Gasteiger partial charge on any atom is 0.143 e. The zero-order chi connectivity index (χ0) is 12.3. The quantitative estimate of drug-likeness (QED) is 0.878. The number of hydrogen-bond acceptors (Lipinski definition) is 3. The van der Waals surface area contributed by atoms with Gasteiger partial charge in [-0.15, -0.1) is 0 Å². The molecule has 1 aromatic carbocycles. The van der Waals surface area contributed by atoms with E-state index in [4.69, 9.17) is 9.84 Å². The molecule has 1 aromatic heterocycles. The fourth-order valence-electron chi connectivity index (χ4n) is 1.69. The molecule has 0 saturated carbocycles. The Morgan fingerprint density at radius 3 is 3.00 bits per heavy atom. The molecular weight excluding hydrogens is 223 g/mol. The van der Waals surface area contributed by atoms with E-state index in [1.54, 1.807) is 23.0 Å². The first kappa shape index (κ1) is 11.6. The largest absolute Gasteiger partial charge is 0.496 e. The highest BCUT2D eigenvalue weighted by molar-refractivity contribution is 5.64. The Balaban J connectivity index is 2.48. The van der Waals surface area contributed by atoms with E-state index in [2.05, 4.69) is 4.98 Å². The average Bonchev–Trinajstić information content (AvgIpc) is 2.77. The van der Waals surface area contributed by atoms with Crippen LogP contribution in [0.1, 0.15) is 0 Å². The van der Waals surface area contributed by atoms with Crippen LogP contribution in [0.5, 0.6) is 5.75 Å². The molecule has 2 aromatic rings. The minimum atomic E-state index is -0.356. The molecule has 0 radical (unpaired) electrons. The summed E-state index contributed by atoms with van der Waals surface area (Å²) in [5, 5.41) is 8.94. The number of methoxy groups -OCH3 is 1. The summed E-state index contributed by atoms with van der Waals surface area (Å²) in [4.78, 5) is 4.19. The summed E-state index contributed by atoms with van der Waals surface area (Å²) >= 11 is 0. The van der Waals surface area contributed by atoms with E-state index in [9.17, 15) is 4.39 Å². The fourth-order valence-corrected chi connectivity index (χ4v) is 1.69. The molecule has 17 heavy (non-hydrogen) atoms. The molecule has 2 rings (SSSR count). The normalized spacial score (nSPS) is 10.5. The summed E-state index contributed by atoms with van der Waals surface area (Å²) in [6.07, 6.45) is 3.39. The highest BCUT2D eigenvalue weighted by atomic mass is 19.1. The van der Waals surface area contributed by atoms with Crippen molar-refractivity contribution in [3.63, 3.8) is 0 Å². The van der Waals surface area contributed by atoms with Crippen LogP contribution in [-0.2, 0) is 6.54 Å². The highest BCUT2D eigenvalue weighted by Crippen LogP contribution is 2.29. The molecule has 0 aliphatic heterocycles. The number of halogens is 1. The Kier molecular flexibility index (Phi) is 3.39. The maximum absolute atomic E-state index is 13.1. The molecule has 0 aliphatic rings. The van der Waals surface area contributed by atoms with Crippen LogP contribution in [0.25, 0.3) is 11.4 Å². The predicted molar refractivity (Wildman–Crippen MR) is 61.3 cm³/mol. The van der Waals surface area contributed by atoms with E-state index >= 15 is 0 Å². The van der Waals surface area contributed by atoms with Crippen LogP contribution >= 0.6 is 0 Å². The van der Waals surface area contributed by atoms with Gasteiger partial charge >= 0.3 is 0 Å². The van der Waals surface area contributed by atoms with Crippen LogP contribution < -0.4 is 4.74 Å². The number of benzene rings is 1. The molecule has 0 saturated heterocycles. The van der Waals surface area contributed by atoms with E-state index in [-0.39, 0.29) is 12.4 Å². The van der Waals surface area contributed by atoms with Crippen LogP contribution in [0.2, 0.25) is 0 Å². The average molecular weight is 236 g/mol. The molecular formula is C12H13FN2O2. The summed E-state index contributed by atoms with van der Waals surface area (Å²) in [6, 6.07) is 4.29. The van der Waals surface area contributed by atoms with E-state index in [1.807, 2.05) is 0 Å². The molecule has 0 aliphatic carbocycles. The summed E-state index contributed by atoms with van der Waals surface area (Å²) in [5.74, 6) is 0.720. The minimum Gasteiger partial charge on any atom is -0.496 e. The SMILES string of the molecule is COc1cc(F)ccc1-c1nccn1CCO. The molecule has 4 nitrogen and oxygen atoms in total. The van der Waals surface area contributed by atoms with Gasteiger partial charge in [0, 0.05) is 25.0 Å². The van der Waals surface area contributed by atoms with E-state index in [1.165, 1.54) is 19.2 Å². The van der Waals surface area contributed by atoms with E-state index in [0.717, 1.165) is 0 Å². The van der Waals surface area contributed by atoms with Crippen molar-refractivity contribution >= 4 is 0 Å². The van der Waals surface area contributed by atoms with Gasteiger partial charge < -0.3 is 14.4 Å². The standard InChI is InChI=1S/C12H13FN2O2/c1-17-11-8-9(13)2-3-10(11)12-14-4-5-15(12)6-7-16/h2-5,8,16H,6-7H2,1H3. The third kappa shape index (κ3) is 2.29. The minimum absolute atomic E-state index is 0.0207. The van der Waals surface area contributed by atoms with Gasteiger partial charge in [0.25, 0.3) is 0 Å². The maximum atomic E-state index is 13.1. The van der Waals surface area contributed by atoms with Gasteiger partial charge in [0.05, 0.1) is 19.3 Å². The van der Waals surface area contributed by atoms with Gasteiger partial charge in [-0.3, -0.25) is 0 Å². The van der Waals surface area contributed by atoms with Crippen LogP contribution in [0.4, 0.5) is 4.39 Å². The smallest absolute Gasteiger partial charge is 0.143 e. The second-order valence-corrected chi connectivity index (χ2v) is 3.51. The Labute approximate surface area is 98.3 Å². The predicted octanol–water partition coefficient (Wildman–Crippen LogP) is 1.69. The number of ether oxygens (including phenoxy) is 1. The molecule has 0 amide bonds. The molecule has 1 N–H and O–H groups in total. The lowest BCUT2D eigenvalue weighted by atomic mass is 10.2. The Morgan fingerprint density at radius 1 is 1.47 bits per heavy atom. The Hall–Kier alpha value is -1.88. The monoisotopic (exact) mass is 236 g/mol. The highest BCUT2D eigenvalue weighted by Gasteiger charge is 2.12. The van der Waals surface area contributed by atoms with Crippen molar-refractivity contribution in [1.29, 1.82) is 0 Å². The summed E-state index contributed by atoms with van der Waals surface area (Å²) in [5.41, 5.74) is 0.701. The fraction of sp³-hybridized carbons (Fsp3) is 0.250. The molecule has 5 heteroatoms. The lowest BCUT2D eigenvalue weighted by molar-refractivity contribution is 0.276. The van der Waals surface area contributed by atoms with Crippen molar-refractivity contribution in [1.82, 2.24) is 9.55 Å². The van der Waals surface area contributed by atoms with Gasteiger partial charge in [-0.25, -0.2) is 9.37 Å². The molecule has 1 heterocycles. The third-order valence-electron chi connectivity index (χ3n) is 2.46. The van der Waals surface area contributed by atoms with Gasteiger partial charge in [-0.1, -0.05) is 0 Å². The van der Waals surface area contributed by atoms with Gasteiger partial charge in [-0.2, -0.15) is 0 Å². The second kappa shape index (κ2) is 4.97. The number of imidazole rings is 1. The molecule has 0 bridgehead atoms. The van der Waals surface area contributed by atoms with E-state index < -0.39 is 0 Å². The van der Waals surface area contributed by atoms with Crippen LogP contribution in [0, 0.1) is 5.82 Å². The van der Waals surface area contributed by atoms with Gasteiger partial charge in [0.1, 0.15) is 17.4 Å². The van der Waals surface area contributed by atoms with E-state index in [0.29, 0.717) is 23.7 Å². The second-order valence-electron chi connectivity index (χ2n) is 3.51. The first-order valence-electron chi connectivity index (χ1n) is 5.22. The molecule has 0 atom stereocenters. The molecule has 0 fully saturated rings. The zero-order valence-corrected chi connectivity index (χ0v) is 9.43. The number of aliphatic hydroxyl groups excluding tert-OH is 1. The van der Waals surface area contributed by atoms with Crippen LogP contribution in [0.15, 0.2) is 30.6 Å². The topological polar surface area (TPSA) is 47.3 Å². The third-order valence-corrected chi connectivity index (χ3v) is 2.46. The number of nitrogens with zero attached hydrogens (tertiary/aromatic N) is 2. The Morgan fingerprint density at radius 2 is 2.29 bits per heavy atom. The van der Waals surface area contributed by atoms with Crippen LogP contribution in [0.3, 0.4) is 0 Å². The van der Waals surface area contributed by atoms with Crippen molar-refractivity contribution in [3.8, 4) is 17.1 Å². The van der Waals surface area contributed by atoms with Gasteiger partial charge in [0.2, 0.25) is 0 Å². The van der Waals surface area contributed by atoms with Crippen molar-refractivity contribution in [3.05, 3.63) is 36.4 Å².